The molecule has 0 N–H and O–H groups in total. The molecule has 1 unspecified atom stereocenters. The van der Waals surface area contributed by atoms with E-state index in [2.05, 4.69) is 10.1 Å². The van der Waals surface area contributed by atoms with Gasteiger partial charge in [-0.25, -0.2) is 14.1 Å². The van der Waals surface area contributed by atoms with Gasteiger partial charge in [0, 0.05) is 18.9 Å². The summed E-state index contributed by atoms with van der Waals surface area (Å²) >= 11 is 6.02. The largest absolute Gasteiger partial charge is 0.356 e. The van der Waals surface area contributed by atoms with E-state index in [1.54, 1.807) is 12.3 Å². The molecule has 0 radical (unpaired) electrons. The van der Waals surface area contributed by atoms with Gasteiger partial charge in [0.2, 0.25) is 0 Å². The normalized spacial score (nSPS) is 23.5. The fourth-order valence-electron chi connectivity index (χ4n) is 2.96. The van der Waals surface area contributed by atoms with E-state index >= 15 is 0 Å². The number of ether oxygens (including phenoxy) is 1. The number of fused-ring (bicyclic) bond motifs is 1. The average molecular weight is 311 g/mol. The van der Waals surface area contributed by atoms with Crippen molar-refractivity contribution in [2.24, 2.45) is 0 Å². The van der Waals surface area contributed by atoms with E-state index in [0.717, 1.165) is 42.6 Å². The monoisotopic (exact) mass is 310 g/mol. The molecule has 2 fully saturated rings. The first-order valence-electron chi connectivity index (χ1n) is 7.27. The first-order chi connectivity index (χ1) is 10.2. The Kier molecular flexibility index (Phi) is 3.23. The third-order valence-electron chi connectivity index (χ3n) is 4.10. The zero-order valence-corrected chi connectivity index (χ0v) is 12.3. The Balaban J connectivity index is 1.79. The number of hydrogen-bond donors (Lipinski definition) is 0. The molecule has 2 aromatic heterocycles. The minimum atomic E-state index is -0.767. The highest BCUT2D eigenvalue weighted by Gasteiger charge is 2.31. The van der Waals surface area contributed by atoms with Crippen LogP contribution in [0.5, 0.6) is 0 Å². The summed E-state index contributed by atoms with van der Waals surface area (Å²) in [5.74, 6) is 0.775. The van der Waals surface area contributed by atoms with Crippen LogP contribution in [0.25, 0.3) is 10.9 Å². The van der Waals surface area contributed by atoms with Crippen LogP contribution in [0.15, 0.2) is 12.3 Å². The van der Waals surface area contributed by atoms with E-state index in [-0.39, 0.29) is 6.23 Å². The van der Waals surface area contributed by atoms with Gasteiger partial charge in [0.1, 0.15) is 11.3 Å². The lowest BCUT2D eigenvalue weighted by Gasteiger charge is -2.34. The van der Waals surface area contributed by atoms with Gasteiger partial charge in [-0.1, -0.05) is 11.6 Å². The number of nitrogens with zero attached hydrogens (tertiary/aromatic N) is 4. The van der Waals surface area contributed by atoms with Gasteiger partial charge in [0.05, 0.1) is 24.0 Å². The molecule has 0 aliphatic carbocycles. The Labute approximate surface area is 126 Å². The standard InChI is InChI=1S/C14H16ClFN4O/c15-12-5-11-10(6-17-12)14(19-7-9(16)8-19)18-20(11)13-3-1-2-4-21-13/h5-6,9,13H,1-4,7-8H2. The van der Waals surface area contributed by atoms with E-state index in [1.807, 2.05) is 9.58 Å². The summed E-state index contributed by atoms with van der Waals surface area (Å²) < 4.78 is 20.8. The topological polar surface area (TPSA) is 43.2 Å². The van der Waals surface area contributed by atoms with Crippen molar-refractivity contribution < 1.29 is 9.13 Å². The maximum atomic E-state index is 13.1. The summed E-state index contributed by atoms with van der Waals surface area (Å²) in [6, 6.07) is 1.80. The minimum absolute atomic E-state index is 0.0732. The molecular weight excluding hydrogens is 295 g/mol. The molecule has 2 saturated heterocycles. The van der Waals surface area contributed by atoms with Crippen molar-refractivity contribution in [3.8, 4) is 0 Å². The molecule has 4 heterocycles. The second-order valence-electron chi connectivity index (χ2n) is 5.62. The average Bonchev–Trinajstić information content (AvgIpc) is 2.83. The van der Waals surface area contributed by atoms with Crippen molar-refractivity contribution in [2.75, 3.05) is 24.6 Å². The maximum absolute atomic E-state index is 13.1. The lowest BCUT2D eigenvalue weighted by molar-refractivity contribution is -0.0366. The lowest BCUT2D eigenvalue weighted by Crippen LogP contribution is -2.48. The van der Waals surface area contributed by atoms with Crippen LogP contribution < -0.4 is 4.90 Å². The van der Waals surface area contributed by atoms with Gasteiger partial charge in [-0.15, -0.1) is 0 Å². The van der Waals surface area contributed by atoms with Gasteiger partial charge in [-0.05, 0) is 19.3 Å². The molecular formula is C14H16ClFN4O. The summed E-state index contributed by atoms with van der Waals surface area (Å²) in [4.78, 5) is 6.07. The summed E-state index contributed by atoms with van der Waals surface area (Å²) in [7, 11) is 0. The smallest absolute Gasteiger partial charge is 0.160 e. The van der Waals surface area contributed by atoms with Gasteiger partial charge >= 0.3 is 0 Å². The van der Waals surface area contributed by atoms with E-state index in [9.17, 15) is 4.39 Å². The molecule has 2 aliphatic heterocycles. The number of hydrogen-bond acceptors (Lipinski definition) is 4. The second-order valence-corrected chi connectivity index (χ2v) is 6.00. The van der Waals surface area contributed by atoms with Crippen LogP contribution in [0, 0.1) is 0 Å². The molecule has 4 rings (SSSR count). The summed E-state index contributed by atoms with van der Waals surface area (Å²) in [6.07, 6.45) is 4.01. The number of halogens is 2. The Morgan fingerprint density at radius 1 is 1.33 bits per heavy atom. The lowest BCUT2D eigenvalue weighted by atomic mass is 10.1. The van der Waals surface area contributed by atoms with Crippen LogP contribution in [0.3, 0.4) is 0 Å². The minimum Gasteiger partial charge on any atom is -0.356 e. The third-order valence-corrected chi connectivity index (χ3v) is 4.31. The number of alkyl halides is 1. The van der Waals surface area contributed by atoms with Gasteiger partial charge in [0.25, 0.3) is 0 Å². The van der Waals surface area contributed by atoms with Gasteiger partial charge < -0.3 is 9.64 Å². The molecule has 21 heavy (non-hydrogen) atoms. The van der Waals surface area contributed by atoms with Gasteiger partial charge in [-0.2, -0.15) is 5.10 Å². The van der Waals surface area contributed by atoms with Crippen molar-refractivity contribution in [2.45, 2.75) is 31.7 Å². The number of rotatable bonds is 2. The highest BCUT2D eigenvalue weighted by Crippen LogP contribution is 2.34. The molecule has 7 heteroatoms. The molecule has 112 valence electrons. The Hall–Kier alpha value is -1.40. The van der Waals surface area contributed by atoms with Crippen molar-refractivity contribution in [3.63, 3.8) is 0 Å². The summed E-state index contributed by atoms with van der Waals surface area (Å²) in [5, 5.41) is 5.99. The highest BCUT2D eigenvalue weighted by molar-refractivity contribution is 6.30. The Bertz CT molecular complexity index is 664. The summed E-state index contributed by atoms with van der Waals surface area (Å²) in [5.41, 5.74) is 0.902. The van der Waals surface area contributed by atoms with Crippen LogP contribution in [0.1, 0.15) is 25.5 Å². The second kappa shape index (κ2) is 5.10. The molecule has 2 aromatic rings. The van der Waals surface area contributed by atoms with E-state index in [1.165, 1.54) is 0 Å². The number of pyridine rings is 1. The van der Waals surface area contributed by atoms with Crippen LogP contribution in [-0.2, 0) is 4.74 Å². The number of anilines is 1. The fourth-order valence-corrected chi connectivity index (χ4v) is 3.11. The molecule has 0 amide bonds. The predicted molar refractivity (Wildman–Crippen MR) is 78.5 cm³/mol. The molecule has 0 bridgehead atoms. The van der Waals surface area contributed by atoms with Crippen molar-refractivity contribution in [1.29, 1.82) is 0 Å². The first kappa shape index (κ1) is 13.3. The zero-order chi connectivity index (χ0) is 14.4. The van der Waals surface area contributed by atoms with E-state index in [4.69, 9.17) is 16.3 Å². The Morgan fingerprint density at radius 2 is 2.19 bits per heavy atom. The molecule has 1 atom stereocenters. The maximum Gasteiger partial charge on any atom is 0.160 e. The van der Waals surface area contributed by atoms with Crippen molar-refractivity contribution in [3.05, 3.63) is 17.4 Å². The van der Waals surface area contributed by atoms with Gasteiger partial charge in [-0.3, -0.25) is 0 Å². The van der Waals surface area contributed by atoms with Gasteiger partial charge in [0.15, 0.2) is 12.0 Å². The zero-order valence-electron chi connectivity index (χ0n) is 11.5. The predicted octanol–water partition coefficient (Wildman–Crippen LogP) is 2.94. The number of aromatic nitrogens is 3. The SMILES string of the molecule is FC1CN(c2nn(C3CCCCO3)c3cc(Cl)ncc23)C1. The Morgan fingerprint density at radius 3 is 2.90 bits per heavy atom. The quantitative estimate of drug-likeness (QED) is 0.800. The van der Waals surface area contributed by atoms with Crippen LogP contribution in [0.2, 0.25) is 5.15 Å². The summed E-state index contributed by atoms with van der Waals surface area (Å²) in [6.45, 7) is 1.52. The van der Waals surface area contributed by atoms with Crippen LogP contribution in [-0.4, -0.2) is 40.6 Å². The first-order valence-corrected chi connectivity index (χ1v) is 7.64. The molecule has 2 aliphatic rings. The van der Waals surface area contributed by atoms with E-state index in [0.29, 0.717) is 18.2 Å². The van der Waals surface area contributed by atoms with Crippen LogP contribution >= 0.6 is 11.6 Å². The van der Waals surface area contributed by atoms with Crippen LogP contribution in [0.4, 0.5) is 10.2 Å². The fraction of sp³-hybridized carbons (Fsp3) is 0.571. The highest BCUT2D eigenvalue weighted by atomic mass is 35.5. The van der Waals surface area contributed by atoms with Crippen molar-refractivity contribution >= 4 is 28.3 Å². The third kappa shape index (κ3) is 2.26. The molecule has 0 aromatic carbocycles. The molecule has 0 saturated carbocycles. The molecule has 0 spiro atoms. The van der Waals surface area contributed by atoms with Crippen molar-refractivity contribution in [1.82, 2.24) is 14.8 Å². The van der Waals surface area contributed by atoms with E-state index < -0.39 is 6.17 Å². The molecule has 5 nitrogen and oxygen atoms in total.